The molecule has 0 aliphatic heterocycles. The number of aryl methyl sites for hydroxylation is 1. The van der Waals surface area contributed by atoms with Crippen LogP contribution in [-0.2, 0) is 11.2 Å². The predicted molar refractivity (Wildman–Crippen MR) is 88.8 cm³/mol. The second kappa shape index (κ2) is 7.08. The van der Waals surface area contributed by atoms with Gasteiger partial charge in [-0.2, -0.15) is 0 Å². The Bertz CT molecular complexity index is 820. The number of aromatic nitrogens is 3. The van der Waals surface area contributed by atoms with Gasteiger partial charge in [0.1, 0.15) is 5.51 Å². The van der Waals surface area contributed by atoms with E-state index in [9.17, 15) is 4.79 Å². The fourth-order valence-corrected chi connectivity index (χ4v) is 2.83. The summed E-state index contributed by atoms with van der Waals surface area (Å²) in [6, 6.07) is 5.12. The van der Waals surface area contributed by atoms with Crippen LogP contribution in [0.4, 0.5) is 5.13 Å². The topological polar surface area (TPSA) is 80.9 Å². The molecule has 1 N–H and O–H groups in total. The molecule has 0 spiro atoms. The third kappa shape index (κ3) is 4.07. The van der Waals surface area contributed by atoms with Gasteiger partial charge in [-0.15, -0.1) is 10.2 Å². The van der Waals surface area contributed by atoms with Crippen molar-refractivity contribution >= 4 is 45.6 Å². The molecule has 0 atom stereocenters. The molecule has 0 saturated heterocycles. The van der Waals surface area contributed by atoms with Crippen molar-refractivity contribution in [3.8, 4) is 11.3 Å². The van der Waals surface area contributed by atoms with Crippen LogP contribution in [0.2, 0.25) is 10.0 Å². The molecule has 0 bridgehead atoms. The molecule has 1 amide bonds. The van der Waals surface area contributed by atoms with Crippen molar-refractivity contribution in [2.75, 3.05) is 5.32 Å². The van der Waals surface area contributed by atoms with Gasteiger partial charge in [-0.25, -0.2) is 4.98 Å². The minimum Gasteiger partial charge on any atom is -0.441 e. The Morgan fingerprint density at radius 2 is 2.22 bits per heavy atom. The van der Waals surface area contributed by atoms with Crippen LogP contribution in [0, 0.1) is 0 Å². The number of amides is 1. The molecule has 2 heterocycles. The average molecular weight is 369 g/mol. The van der Waals surface area contributed by atoms with Gasteiger partial charge in [-0.1, -0.05) is 34.5 Å². The quantitative estimate of drug-likeness (QED) is 0.733. The molecule has 6 nitrogen and oxygen atoms in total. The molecule has 118 valence electrons. The lowest BCUT2D eigenvalue weighted by Crippen LogP contribution is -2.12. The van der Waals surface area contributed by atoms with Gasteiger partial charge < -0.3 is 9.73 Å². The lowest BCUT2D eigenvalue weighted by atomic mass is 10.2. The van der Waals surface area contributed by atoms with Gasteiger partial charge in [0.25, 0.3) is 0 Å². The average Bonchev–Trinajstić information content (AvgIpc) is 3.17. The van der Waals surface area contributed by atoms with Crippen molar-refractivity contribution < 1.29 is 9.21 Å². The molecular weight excluding hydrogens is 359 g/mol. The molecule has 0 saturated carbocycles. The fourth-order valence-electron chi connectivity index (χ4n) is 1.87. The van der Waals surface area contributed by atoms with Gasteiger partial charge in [0.2, 0.25) is 11.0 Å². The predicted octanol–water partition coefficient (Wildman–Crippen LogP) is 4.07. The highest BCUT2D eigenvalue weighted by atomic mass is 35.5. The van der Waals surface area contributed by atoms with Crippen molar-refractivity contribution in [1.82, 2.24) is 15.2 Å². The molecule has 9 heteroatoms. The number of carbonyl (C=O) groups excluding carboxylic acids is 1. The molecule has 0 aliphatic rings. The van der Waals surface area contributed by atoms with Gasteiger partial charge in [0.15, 0.2) is 11.7 Å². The summed E-state index contributed by atoms with van der Waals surface area (Å²) in [6.45, 7) is 0. The maximum Gasteiger partial charge on any atom is 0.226 e. The Labute approximate surface area is 145 Å². The number of carbonyl (C=O) groups is 1. The van der Waals surface area contributed by atoms with Crippen LogP contribution in [0.3, 0.4) is 0 Å². The maximum atomic E-state index is 11.8. The van der Waals surface area contributed by atoms with Crippen molar-refractivity contribution in [3.05, 3.63) is 45.8 Å². The van der Waals surface area contributed by atoms with Crippen LogP contribution in [-0.4, -0.2) is 21.1 Å². The third-order valence-electron chi connectivity index (χ3n) is 2.92. The molecule has 2 aromatic heterocycles. The van der Waals surface area contributed by atoms with E-state index in [-0.39, 0.29) is 12.3 Å². The summed E-state index contributed by atoms with van der Waals surface area (Å²) in [7, 11) is 0. The summed E-state index contributed by atoms with van der Waals surface area (Å²) in [5.74, 6) is 0.815. The summed E-state index contributed by atoms with van der Waals surface area (Å²) in [5.41, 5.74) is 2.25. The SMILES string of the molecule is O=C(CCc1ncc(-c2ccc(Cl)cc2Cl)o1)Nc1nncs1. The highest BCUT2D eigenvalue weighted by Gasteiger charge is 2.12. The number of nitrogens with zero attached hydrogens (tertiary/aromatic N) is 3. The monoisotopic (exact) mass is 368 g/mol. The van der Waals surface area contributed by atoms with Crippen LogP contribution in [0.1, 0.15) is 12.3 Å². The smallest absolute Gasteiger partial charge is 0.226 e. The minimum absolute atomic E-state index is 0.175. The van der Waals surface area contributed by atoms with E-state index in [1.165, 1.54) is 11.3 Å². The second-order valence-electron chi connectivity index (χ2n) is 4.53. The Hall–Kier alpha value is -1.96. The molecule has 0 aliphatic carbocycles. The zero-order chi connectivity index (χ0) is 16.2. The second-order valence-corrected chi connectivity index (χ2v) is 6.21. The largest absolute Gasteiger partial charge is 0.441 e. The lowest BCUT2D eigenvalue weighted by Gasteiger charge is -2.01. The highest BCUT2D eigenvalue weighted by Crippen LogP contribution is 2.30. The molecule has 3 aromatic rings. The Balaban J connectivity index is 1.62. The van der Waals surface area contributed by atoms with Gasteiger partial charge in [0, 0.05) is 23.4 Å². The Morgan fingerprint density at radius 3 is 2.96 bits per heavy atom. The van der Waals surface area contributed by atoms with E-state index >= 15 is 0 Å². The van der Waals surface area contributed by atoms with E-state index in [1.807, 2.05) is 0 Å². The van der Waals surface area contributed by atoms with Crippen LogP contribution >= 0.6 is 34.5 Å². The first kappa shape index (κ1) is 15.9. The number of hydrogen-bond acceptors (Lipinski definition) is 6. The first-order valence-corrected chi connectivity index (χ1v) is 8.21. The minimum atomic E-state index is -0.175. The van der Waals surface area contributed by atoms with Crippen molar-refractivity contribution in [3.63, 3.8) is 0 Å². The van der Waals surface area contributed by atoms with E-state index in [0.717, 1.165) is 0 Å². The maximum absolute atomic E-state index is 11.8. The van der Waals surface area contributed by atoms with E-state index in [2.05, 4.69) is 20.5 Å². The summed E-state index contributed by atoms with van der Waals surface area (Å²) in [6.07, 6.45) is 2.18. The number of anilines is 1. The first-order valence-electron chi connectivity index (χ1n) is 6.58. The summed E-state index contributed by atoms with van der Waals surface area (Å²) in [4.78, 5) is 15.9. The third-order valence-corrected chi connectivity index (χ3v) is 4.08. The summed E-state index contributed by atoms with van der Waals surface area (Å²) >= 11 is 13.3. The van der Waals surface area contributed by atoms with Crippen molar-refractivity contribution in [2.24, 2.45) is 0 Å². The van der Waals surface area contributed by atoms with E-state index in [1.54, 1.807) is 29.9 Å². The van der Waals surface area contributed by atoms with Gasteiger partial charge in [0.05, 0.1) is 11.2 Å². The molecule has 0 radical (unpaired) electrons. The number of halogens is 2. The molecule has 0 fully saturated rings. The normalized spacial score (nSPS) is 10.7. The van der Waals surface area contributed by atoms with Crippen LogP contribution in [0.5, 0.6) is 0 Å². The number of nitrogens with one attached hydrogen (secondary N) is 1. The fraction of sp³-hybridized carbons (Fsp3) is 0.143. The van der Waals surface area contributed by atoms with E-state index in [0.29, 0.717) is 38.8 Å². The highest BCUT2D eigenvalue weighted by molar-refractivity contribution is 7.13. The van der Waals surface area contributed by atoms with E-state index < -0.39 is 0 Å². The van der Waals surface area contributed by atoms with Crippen molar-refractivity contribution in [1.29, 1.82) is 0 Å². The van der Waals surface area contributed by atoms with Crippen LogP contribution in [0.25, 0.3) is 11.3 Å². The summed E-state index contributed by atoms with van der Waals surface area (Å²) < 4.78 is 5.63. The Morgan fingerprint density at radius 1 is 1.35 bits per heavy atom. The molecule has 23 heavy (non-hydrogen) atoms. The molecular formula is C14H10Cl2N4O2S. The molecule has 0 unspecified atom stereocenters. The number of hydrogen-bond donors (Lipinski definition) is 1. The molecule has 3 rings (SSSR count). The van der Waals surface area contributed by atoms with Gasteiger partial charge in [-0.3, -0.25) is 4.79 Å². The zero-order valence-electron chi connectivity index (χ0n) is 11.6. The van der Waals surface area contributed by atoms with Crippen molar-refractivity contribution in [2.45, 2.75) is 12.8 Å². The number of benzene rings is 1. The van der Waals surface area contributed by atoms with Crippen LogP contribution < -0.4 is 5.32 Å². The lowest BCUT2D eigenvalue weighted by molar-refractivity contribution is -0.116. The zero-order valence-corrected chi connectivity index (χ0v) is 14.0. The number of rotatable bonds is 5. The van der Waals surface area contributed by atoms with Gasteiger partial charge in [-0.05, 0) is 18.2 Å². The van der Waals surface area contributed by atoms with Crippen LogP contribution in [0.15, 0.2) is 34.3 Å². The standard InChI is InChI=1S/C14H10Cl2N4O2S/c15-8-1-2-9(10(16)5-8)11-6-17-13(22-11)4-3-12(21)19-14-20-18-7-23-14/h1-2,5-7H,3-4H2,(H,19,20,21). The first-order chi connectivity index (χ1) is 11.1. The number of oxazole rings is 1. The molecule has 1 aromatic carbocycles. The Kier molecular flexibility index (Phi) is 4.90. The van der Waals surface area contributed by atoms with E-state index in [4.69, 9.17) is 27.6 Å². The summed E-state index contributed by atoms with van der Waals surface area (Å²) in [5, 5.41) is 11.5. The van der Waals surface area contributed by atoms with Gasteiger partial charge >= 0.3 is 0 Å².